The molecule has 3 rings (SSSR count). The molecule has 0 radical (unpaired) electrons. The summed E-state index contributed by atoms with van der Waals surface area (Å²) >= 11 is 0. The molecule has 2 aromatic rings. The van der Waals surface area contributed by atoms with Gasteiger partial charge in [-0.3, -0.25) is 14.5 Å². The molecule has 0 aliphatic carbocycles. The van der Waals surface area contributed by atoms with E-state index in [0.717, 1.165) is 5.56 Å². The Kier molecular flexibility index (Phi) is 6.22. The first-order valence-corrected chi connectivity index (χ1v) is 9.31. The van der Waals surface area contributed by atoms with Crippen LogP contribution in [0.2, 0.25) is 0 Å². The van der Waals surface area contributed by atoms with Crippen LogP contribution in [0.3, 0.4) is 0 Å². The highest BCUT2D eigenvalue weighted by Crippen LogP contribution is 2.27. The first-order chi connectivity index (χ1) is 13.8. The van der Waals surface area contributed by atoms with E-state index in [1.165, 1.54) is 0 Å². The van der Waals surface area contributed by atoms with Crippen LogP contribution in [-0.4, -0.2) is 41.5 Å². The molecule has 0 unspecified atom stereocenters. The average Bonchev–Trinajstić information content (AvgIpc) is 2.70. The average molecular weight is 405 g/mol. The standard InChI is InChI=1S/C21H22F3N3O2/c22-21(23,24)19(29)26-20(18(28)25-17-9-5-2-6-10-17)11-13-27(14-12-20)15-16-7-3-1-4-8-16/h1-10H,11-15H2,(H,25,28)(H,26,29). The smallest absolute Gasteiger partial charge is 0.334 e. The molecule has 1 heterocycles. The number of likely N-dealkylation sites (tertiary alicyclic amines) is 1. The second-order valence-corrected chi connectivity index (χ2v) is 7.12. The number of amides is 2. The van der Waals surface area contributed by atoms with Crippen molar-refractivity contribution in [1.82, 2.24) is 10.2 Å². The highest BCUT2D eigenvalue weighted by atomic mass is 19.4. The number of anilines is 1. The number of carbonyl (C=O) groups excluding carboxylic acids is 2. The van der Waals surface area contributed by atoms with Crippen LogP contribution >= 0.6 is 0 Å². The van der Waals surface area contributed by atoms with Crippen molar-refractivity contribution in [3.63, 3.8) is 0 Å². The van der Waals surface area contributed by atoms with E-state index >= 15 is 0 Å². The molecule has 2 N–H and O–H groups in total. The molecule has 0 aromatic heterocycles. The number of halogens is 3. The van der Waals surface area contributed by atoms with Gasteiger partial charge in [0.1, 0.15) is 5.54 Å². The maximum absolute atomic E-state index is 12.9. The Bertz CT molecular complexity index is 833. The lowest BCUT2D eigenvalue weighted by Crippen LogP contribution is -2.63. The highest BCUT2D eigenvalue weighted by Gasteiger charge is 2.48. The molecule has 1 aliphatic rings. The van der Waals surface area contributed by atoms with E-state index in [1.54, 1.807) is 30.3 Å². The minimum absolute atomic E-state index is 0.0837. The summed E-state index contributed by atoms with van der Waals surface area (Å²) < 4.78 is 38.6. The molecule has 0 saturated carbocycles. The molecule has 2 amide bonds. The van der Waals surface area contributed by atoms with E-state index in [-0.39, 0.29) is 12.8 Å². The van der Waals surface area contributed by atoms with Gasteiger partial charge in [-0.1, -0.05) is 48.5 Å². The number of rotatable bonds is 5. The molecular weight excluding hydrogens is 383 g/mol. The van der Waals surface area contributed by atoms with Gasteiger partial charge in [-0.15, -0.1) is 0 Å². The second-order valence-electron chi connectivity index (χ2n) is 7.12. The number of hydrogen-bond donors (Lipinski definition) is 2. The van der Waals surface area contributed by atoms with Crippen LogP contribution in [0.1, 0.15) is 18.4 Å². The van der Waals surface area contributed by atoms with Crippen molar-refractivity contribution >= 4 is 17.5 Å². The molecule has 1 fully saturated rings. The molecule has 154 valence electrons. The summed E-state index contributed by atoms with van der Waals surface area (Å²) in [6.45, 7) is 1.40. The predicted molar refractivity (Wildman–Crippen MR) is 103 cm³/mol. The Balaban J connectivity index is 1.73. The van der Waals surface area contributed by atoms with Gasteiger partial charge in [0, 0.05) is 25.3 Å². The van der Waals surface area contributed by atoms with Crippen LogP contribution in [0, 0.1) is 0 Å². The van der Waals surface area contributed by atoms with Gasteiger partial charge < -0.3 is 10.6 Å². The monoisotopic (exact) mass is 405 g/mol. The maximum Gasteiger partial charge on any atom is 0.471 e. The van der Waals surface area contributed by atoms with E-state index < -0.39 is 23.5 Å². The number of nitrogens with zero attached hydrogens (tertiary/aromatic N) is 1. The van der Waals surface area contributed by atoms with Crippen LogP contribution < -0.4 is 10.6 Å². The van der Waals surface area contributed by atoms with E-state index in [2.05, 4.69) is 10.2 Å². The number of benzene rings is 2. The topological polar surface area (TPSA) is 61.4 Å². The third-order valence-corrected chi connectivity index (χ3v) is 5.04. The molecule has 1 saturated heterocycles. The summed E-state index contributed by atoms with van der Waals surface area (Å²) in [5.41, 5.74) is -0.0757. The zero-order valence-electron chi connectivity index (χ0n) is 15.7. The van der Waals surface area contributed by atoms with Crippen molar-refractivity contribution in [1.29, 1.82) is 0 Å². The zero-order valence-corrected chi connectivity index (χ0v) is 15.7. The van der Waals surface area contributed by atoms with Crippen molar-refractivity contribution in [3.8, 4) is 0 Å². The van der Waals surface area contributed by atoms with Crippen molar-refractivity contribution in [3.05, 3.63) is 66.2 Å². The Hall–Kier alpha value is -2.87. The lowest BCUT2D eigenvalue weighted by atomic mass is 9.85. The summed E-state index contributed by atoms with van der Waals surface area (Å²) in [5, 5.41) is 4.61. The summed E-state index contributed by atoms with van der Waals surface area (Å²) in [5.74, 6) is -2.74. The van der Waals surface area contributed by atoms with Gasteiger partial charge in [-0.2, -0.15) is 13.2 Å². The molecular formula is C21H22F3N3O2. The Morgan fingerprint density at radius 3 is 2.03 bits per heavy atom. The summed E-state index contributed by atoms with van der Waals surface area (Å²) in [6.07, 6.45) is -4.89. The van der Waals surface area contributed by atoms with Gasteiger partial charge in [0.25, 0.3) is 0 Å². The van der Waals surface area contributed by atoms with Gasteiger partial charge >= 0.3 is 12.1 Å². The lowest BCUT2D eigenvalue weighted by molar-refractivity contribution is -0.176. The Labute approximate surface area is 166 Å². The van der Waals surface area contributed by atoms with Crippen LogP contribution in [0.4, 0.5) is 18.9 Å². The second kappa shape index (κ2) is 8.65. The normalized spacial score (nSPS) is 16.8. The van der Waals surface area contributed by atoms with E-state index in [0.29, 0.717) is 25.3 Å². The van der Waals surface area contributed by atoms with Gasteiger partial charge in [-0.25, -0.2) is 0 Å². The third-order valence-electron chi connectivity index (χ3n) is 5.04. The SMILES string of the molecule is O=C(NC1(C(=O)Nc2ccccc2)CCN(Cc2ccccc2)CC1)C(F)(F)F. The van der Waals surface area contributed by atoms with Crippen molar-refractivity contribution in [2.75, 3.05) is 18.4 Å². The molecule has 0 bridgehead atoms. The fraction of sp³-hybridized carbons (Fsp3) is 0.333. The van der Waals surface area contributed by atoms with Gasteiger partial charge in [-0.05, 0) is 30.5 Å². The molecule has 8 heteroatoms. The minimum Gasteiger partial charge on any atom is -0.334 e. The largest absolute Gasteiger partial charge is 0.471 e. The molecule has 5 nitrogen and oxygen atoms in total. The molecule has 29 heavy (non-hydrogen) atoms. The lowest BCUT2D eigenvalue weighted by Gasteiger charge is -2.41. The van der Waals surface area contributed by atoms with E-state index in [9.17, 15) is 22.8 Å². The zero-order chi connectivity index (χ0) is 20.9. The van der Waals surface area contributed by atoms with Crippen LogP contribution in [-0.2, 0) is 16.1 Å². The van der Waals surface area contributed by atoms with Crippen molar-refractivity contribution in [2.45, 2.75) is 31.1 Å². The minimum atomic E-state index is -5.05. The summed E-state index contributed by atoms with van der Waals surface area (Å²) in [4.78, 5) is 26.6. The molecule has 1 aliphatic heterocycles. The number of piperidine rings is 1. The first kappa shape index (κ1) is 20.9. The van der Waals surface area contributed by atoms with Crippen molar-refractivity contribution < 1.29 is 22.8 Å². The Morgan fingerprint density at radius 2 is 1.48 bits per heavy atom. The fourth-order valence-corrected chi connectivity index (χ4v) is 3.40. The maximum atomic E-state index is 12.9. The Morgan fingerprint density at radius 1 is 0.931 bits per heavy atom. The summed E-state index contributed by atoms with van der Waals surface area (Å²) in [7, 11) is 0. The van der Waals surface area contributed by atoms with Crippen LogP contribution in [0.5, 0.6) is 0 Å². The summed E-state index contributed by atoms with van der Waals surface area (Å²) in [6, 6.07) is 18.1. The van der Waals surface area contributed by atoms with E-state index in [1.807, 2.05) is 35.6 Å². The highest BCUT2D eigenvalue weighted by molar-refractivity contribution is 6.01. The first-order valence-electron chi connectivity index (χ1n) is 9.31. The number of carbonyl (C=O) groups is 2. The van der Waals surface area contributed by atoms with Gasteiger partial charge in [0.15, 0.2) is 0 Å². The molecule has 0 spiro atoms. The quantitative estimate of drug-likeness (QED) is 0.802. The predicted octanol–water partition coefficient (Wildman–Crippen LogP) is 3.34. The number of hydrogen-bond acceptors (Lipinski definition) is 3. The molecule has 0 atom stereocenters. The number of nitrogens with one attached hydrogen (secondary N) is 2. The number of para-hydroxylation sites is 1. The third kappa shape index (κ3) is 5.35. The van der Waals surface area contributed by atoms with E-state index in [4.69, 9.17) is 0 Å². The van der Waals surface area contributed by atoms with Crippen molar-refractivity contribution in [2.24, 2.45) is 0 Å². The van der Waals surface area contributed by atoms with Crippen LogP contribution in [0.15, 0.2) is 60.7 Å². The fourth-order valence-electron chi connectivity index (χ4n) is 3.40. The van der Waals surface area contributed by atoms with Gasteiger partial charge in [0.05, 0.1) is 0 Å². The molecule has 2 aromatic carbocycles. The van der Waals surface area contributed by atoms with Gasteiger partial charge in [0.2, 0.25) is 5.91 Å². The number of alkyl halides is 3. The van der Waals surface area contributed by atoms with Crippen LogP contribution in [0.25, 0.3) is 0 Å².